The predicted molar refractivity (Wildman–Crippen MR) is 127 cm³/mol. The highest BCUT2D eigenvalue weighted by Gasteiger charge is 2.24. The standard InChI is InChI=1S/C27H20N4O4/c28-14-17-3-1-4-18(11-17)19-6-7-22-20(12-19)8-10-31-23(22)13-25(30-27(31)32)33-15-21-16-34-26-24(35-21)5-2-9-29-26/h1-7,9,11-13,21H,8,10,15-16H2. The molecule has 0 bridgehead atoms. The number of benzene rings is 2. The molecule has 35 heavy (non-hydrogen) atoms. The van der Waals surface area contributed by atoms with Crippen molar-refractivity contribution >= 4 is 0 Å². The maximum absolute atomic E-state index is 12.7. The molecule has 172 valence electrons. The van der Waals surface area contributed by atoms with Crippen LogP contribution in [0.5, 0.6) is 17.5 Å². The van der Waals surface area contributed by atoms with Crippen molar-refractivity contribution in [1.82, 2.24) is 14.5 Å². The number of hydrogen-bond donors (Lipinski definition) is 0. The summed E-state index contributed by atoms with van der Waals surface area (Å²) in [5.41, 5.74) is 5.18. The van der Waals surface area contributed by atoms with Crippen LogP contribution in [-0.2, 0) is 13.0 Å². The minimum absolute atomic E-state index is 0.186. The molecule has 0 amide bonds. The first kappa shape index (κ1) is 20.9. The van der Waals surface area contributed by atoms with Crippen molar-refractivity contribution in [3.63, 3.8) is 0 Å². The van der Waals surface area contributed by atoms with Crippen LogP contribution in [0, 0.1) is 11.3 Å². The second-order valence-electron chi connectivity index (χ2n) is 8.40. The zero-order chi connectivity index (χ0) is 23.8. The van der Waals surface area contributed by atoms with Gasteiger partial charge in [-0.3, -0.25) is 4.57 Å². The van der Waals surface area contributed by atoms with Gasteiger partial charge in [0.2, 0.25) is 5.88 Å². The smallest absolute Gasteiger partial charge is 0.351 e. The topological polar surface area (TPSA) is 99.3 Å². The molecule has 0 saturated heterocycles. The maximum Gasteiger partial charge on any atom is 0.351 e. The molecule has 8 nitrogen and oxygen atoms in total. The third-order valence-electron chi connectivity index (χ3n) is 6.15. The van der Waals surface area contributed by atoms with Gasteiger partial charge in [-0.1, -0.05) is 30.3 Å². The van der Waals surface area contributed by atoms with E-state index in [1.54, 1.807) is 35.0 Å². The summed E-state index contributed by atoms with van der Waals surface area (Å²) < 4.78 is 19.0. The molecule has 0 fully saturated rings. The molecule has 0 aliphatic carbocycles. The van der Waals surface area contributed by atoms with Crippen molar-refractivity contribution in [3.05, 3.63) is 88.5 Å². The molecule has 6 rings (SSSR count). The molecule has 0 radical (unpaired) electrons. The van der Waals surface area contributed by atoms with E-state index in [-0.39, 0.29) is 24.3 Å². The first-order valence-corrected chi connectivity index (χ1v) is 11.3. The number of hydrogen-bond acceptors (Lipinski definition) is 7. The normalized spacial score (nSPS) is 15.5. The summed E-state index contributed by atoms with van der Waals surface area (Å²) in [6, 6.07) is 21.2. The molecule has 2 aliphatic rings. The number of ether oxygens (including phenoxy) is 3. The van der Waals surface area contributed by atoms with Crippen LogP contribution in [0.3, 0.4) is 0 Å². The Balaban J connectivity index is 1.25. The Hall–Kier alpha value is -4.64. The lowest BCUT2D eigenvalue weighted by atomic mass is 9.93. The number of pyridine rings is 1. The Morgan fingerprint density at radius 1 is 1.11 bits per heavy atom. The van der Waals surface area contributed by atoms with Gasteiger partial charge in [-0.15, -0.1) is 0 Å². The fourth-order valence-corrected chi connectivity index (χ4v) is 4.45. The van der Waals surface area contributed by atoms with Crippen LogP contribution in [0.1, 0.15) is 11.1 Å². The fraction of sp³-hybridized carbons (Fsp3) is 0.185. The van der Waals surface area contributed by atoms with E-state index in [0.717, 1.165) is 34.4 Å². The molecule has 4 heterocycles. The van der Waals surface area contributed by atoms with E-state index >= 15 is 0 Å². The van der Waals surface area contributed by atoms with Crippen LogP contribution in [0.2, 0.25) is 0 Å². The summed E-state index contributed by atoms with van der Waals surface area (Å²) in [7, 11) is 0. The summed E-state index contributed by atoms with van der Waals surface area (Å²) in [6.45, 7) is 1.03. The summed E-state index contributed by atoms with van der Waals surface area (Å²) in [5.74, 6) is 1.28. The van der Waals surface area contributed by atoms with Gasteiger partial charge in [0, 0.05) is 24.4 Å². The van der Waals surface area contributed by atoms with E-state index in [0.29, 0.717) is 30.3 Å². The van der Waals surface area contributed by atoms with E-state index in [2.05, 4.69) is 22.1 Å². The van der Waals surface area contributed by atoms with Crippen molar-refractivity contribution in [2.24, 2.45) is 0 Å². The van der Waals surface area contributed by atoms with Gasteiger partial charge in [0.05, 0.1) is 17.3 Å². The zero-order valence-corrected chi connectivity index (χ0v) is 18.7. The van der Waals surface area contributed by atoms with Crippen LogP contribution in [0.25, 0.3) is 22.4 Å². The molecule has 2 aromatic carbocycles. The largest absolute Gasteiger partial charge is 0.478 e. The van der Waals surface area contributed by atoms with Gasteiger partial charge in [-0.25, -0.2) is 9.78 Å². The number of nitrogens with zero attached hydrogens (tertiary/aromatic N) is 4. The first-order chi connectivity index (χ1) is 17.2. The van der Waals surface area contributed by atoms with Crippen molar-refractivity contribution < 1.29 is 14.2 Å². The molecular formula is C27H20N4O4. The average Bonchev–Trinajstić information content (AvgIpc) is 2.91. The Labute approximate surface area is 201 Å². The highest BCUT2D eigenvalue weighted by Crippen LogP contribution is 2.33. The summed E-state index contributed by atoms with van der Waals surface area (Å²) in [5, 5.41) is 9.21. The summed E-state index contributed by atoms with van der Waals surface area (Å²) in [4.78, 5) is 21.0. The monoisotopic (exact) mass is 464 g/mol. The molecule has 1 atom stereocenters. The fourth-order valence-electron chi connectivity index (χ4n) is 4.45. The molecule has 1 unspecified atom stereocenters. The molecule has 0 saturated carbocycles. The van der Waals surface area contributed by atoms with Crippen molar-refractivity contribution in [1.29, 1.82) is 5.26 Å². The van der Waals surface area contributed by atoms with Gasteiger partial charge in [0.1, 0.15) is 13.2 Å². The van der Waals surface area contributed by atoms with Crippen molar-refractivity contribution in [2.75, 3.05) is 13.2 Å². The van der Waals surface area contributed by atoms with Gasteiger partial charge in [0.15, 0.2) is 11.9 Å². The van der Waals surface area contributed by atoms with Crippen LogP contribution in [-0.4, -0.2) is 33.9 Å². The third kappa shape index (κ3) is 3.97. The lowest BCUT2D eigenvalue weighted by Gasteiger charge is -2.26. The summed E-state index contributed by atoms with van der Waals surface area (Å²) >= 11 is 0. The number of aryl methyl sites for hydroxylation is 1. The quantitative estimate of drug-likeness (QED) is 0.455. The molecule has 8 heteroatoms. The molecule has 0 spiro atoms. The van der Waals surface area contributed by atoms with E-state index in [4.69, 9.17) is 14.2 Å². The molecule has 0 N–H and O–H groups in total. The first-order valence-electron chi connectivity index (χ1n) is 11.3. The van der Waals surface area contributed by atoms with Gasteiger partial charge in [-0.05, 0) is 47.4 Å². The molecular weight excluding hydrogens is 444 g/mol. The van der Waals surface area contributed by atoms with Crippen molar-refractivity contribution in [3.8, 4) is 46.0 Å². The predicted octanol–water partition coefficient (Wildman–Crippen LogP) is 3.62. The number of fused-ring (bicyclic) bond motifs is 4. The van der Waals surface area contributed by atoms with Gasteiger partial charge < -0.3 is 14.2 Å². The number of aromatic nitrogens is 3. The number of nitriles is 1. The maximum atomic E-state index is 12.7. The highest BCUT2D eigenvalue weighted by atomic mass is 16.6. The minimum atomic E-state index is -0.343. The Morgan fingerprint density at radius 3 is 2.94 bits per heavy atom. The van der Waals surface area contributed by atoms with Crippen LogP contribution < -0.4 is 19.9 Å². The lowest BCUT2D eigenvalue weighted by Crippen LogP contribution is -2.35. The summed E-state index contributed by atoms with van der Waals surface area (Å²) in [6.07, 6.45) is 2.02. The minimum Gasteiger partial charge on any atom is -0.478 e. The van der Waals surface area contributed by atoms with Crippen LogP contribution in [0.15, 0.2) is 71.7 Å². The highest BCUT2D eigenvalue weighted by molar-refractivity contribution is 5.74. The number of rotatable bonds is 4. The van der Waals surface area contributed by atoms with E-state index in [1.165, 1.54) is 0 Å². The Bertz CT molecular complexity index is 1540. The third-order valence-corrected chi connectivity index (χ3v) is 6.15. The second-order valence-corrected chi connectivity index (χ2v) is 8.40. The van der Waals surface area contributed by atoms with E-state index < -0.39 is 0 Å². The van der Waals surface area contributed by atoms with Gasteiger partial charge >= 0.3 is 5.69 Å². The average molecular weight is 464 g/mol. The van der Waals surface area contributed by atoms with Crippen LogP contribution in [0.4, 0.5) is 0 Å². The Morgan fingerprint density at radius 2 is 2.03 bits per heavy atom. The van der Waals surface area contributed by atoms with Crippen molar-refractivity contribution in [2.45, 2.75) is 19.1 Å². The molecule has 2 aliphatic heterocycles. The zero-order valence-electron chi connectivity index (χ0n) is 18.7. The molecule has 2 aromatic heterocycles. The van der Waals surface area contributed by atoms with Crippen LogP contribution >= 0.6 is 0 Å². The molecule has 4 aromatic rings. The van der Waals surface area contributed by atoms with Gasteiger partial charge in [0.25, 0.3) is 5.88 Å². The SMILES string of the molecule is N#Cc1cccc(-c2ccc3c(c2)CCn2c-3cc(OCC3COc4ncccc4O3)nc2=O)c1. The lowest BCUT2D eigenvalue weighted by molar-refractivity contribution is 0.0486. The van der Waals surface area contributed by atoms with E-state index in [9.17, 15) is 10.1 Å². The van der Waals surface area contributed by atoms with Gasteiger partial charge in [-0.2, -0.15) is 10.2 Å². The Kier molecular flexibility index (Phi) is 5.15. The second kappa shape index (κ2) is 8.61. The van der Waals surface area contributed by atoms with E-state index in [1.807, 2.05) is 30.3 Å².